The molecule has 0 atom stereocenters. The summed E-state index contributed by atoms with van der Waals surface area (Å²) in [6, 6.07) is 26.0. The van der Waals surface area contributed by atoms with Gasteiger partial charge >= 0.3 is 0 Å². The summed E-state index contributed by atoms with van der Waals surface area (Å²) in [7, 11) is 0. The molecule has 5 aromatic rings. The number of allylic oxidation sites excluding steroid dienone is 4. The maximum absolute atomic E-state index is 9.05. The number of rotatable bonds is 7. The molecule has 3 heterocycles. The van der Waals surface area contributed by atoms with E-state index in [-0.39, 0.29) is 5.57 Å². The molecule has 3 aromatic heterocycles. The largest absolute Gasteiger partial charge is 0.457 e. The van der Waals surface area contributed by atoms with Crippen LogP contribution in [0.15, 0.2) is 92.8 Å². The van der Waals surface area contributed by atoms with Crippen molar-refractivity contribution in [2.75, 3.05) is 0 Å². The molecule has 0 aliphatic carbocycles. The van der Waals surface area contributed by atoms with E-state index in [4.69, 9.17) is 24.6 Å². The Morgan fingerprint density at radius 3 is 1.93 bits per heavy atom. The highest BCUT2D eigenvalue weighted by atomic mass is 16.3. The maximum Gasteiger partial charge on any atom is 0.134 e. The van der Waals surface area contributed by atoms with Crippen LogP contribution in [0.3, 0.4) is 0 Å². The molecule has 0 unspecified atom stereocenters. The van der Waals surface area contributed by atoms with E-state index in [1.165, 1.54) is 6.08 Å². The Kier molecular flexibility index (Phi) is 7.23. The summed E-state index contributed by atoms with van der Waals surface area (Å²) in [6.45, 7) is 7.00. The van der Waals surface area contributed by atoms with Crippen molar-refractivity contribution in [2.45, 2.75) is 27.3 Å². The van der Waals surface area contributed by atoms with Gasteiger partial charge in [0.15, 0.2) is 0 Å². The van der Waals surface area contributed by atoms with E-state index < -0.39 is 0 Å². The topological polar surface area (TPSA) is 103 Å². The summed E-state index contributed by atoms with van der Waals surface area (Å²) >= 11 is 0. The number of furan rings is 2. The molecule has 0 fully saturated rings. The van der Waals surface area contributed by atoms with E-state index in [0.29, 0.717) is 28.8 Å². The highest BCUT2D eigenvalue weighted by molar-refractivity contribution is 6.09. The van der Waals surface area contributed by atoms with E-state index in [9.17, 15) is 0 Å². The smallest absolute Gasteiger partial charge is 0.134 e. The molecule has 6 heteroatoms. The Bertz CT molecular complexity index is 1940. The van der Waals surface area contributed by atoms with Crippen LogP contribution >= 0.6 is 0 Å². The van der Waals surface area contributed by atoms with Crippen LogP contribution in [-0.4, -0.2) is 4.57 Å². The van der Waals surface area contributed by atoms with Crippen LogP contribution in [0.25, 0.3) is 56.6 Å². The number of benzene rings is 2. The minimum Gasteiger partial charge on any atom is -0.457 e. The standard InChI is InChI=1S/C34H26N4O2/c1-22(2)21-38-31-16-25(33-13-9-27(39-33)6-4-5-23(3)18-35)7-11-29(31)30-12-8-26(17-32(30)38)34-14-10-28(40-34)15-24(19-36)20-37/h4-17,22H,21H2,1-3H3/b6-4+,23-5-. The normalized spacial score (nSPS) is 11.7. The summed E-state index contributed by atoms with van der Waals surface area (Å²) in [5, 5.41) is 29.3. The Balaban J connectivity index is 1.57. The van der Waals surface area contributed by atoms with Crippen LogP contribution < -0.4 is 0 Å². The predicted octanol–water partition coefficient (Wildman–Crippen LogP) is 8.88. The van der Waals surface area contributed by atoms with Crippen molar-refractivity contribution >= 4 is 34.0 Å². The minimum absolute atomic E-state index is 0.00477. The highest BCUT2D eigenvalue weighted by Crippen LogP contribution is 2.36. The molecule has 0 N–H and O–H groups in total. The fourth-order valence-corrected chi connectivity index (χ4v) is 4.70. The van der Waals surface area contributed by atoms with E-state index in [2.05, 4.69) is 54.8 Å². The van der Waals surface area contributed by atoms with E-state index in [0.717, 1.165) is 45.2 Å². The van der Waals surface area contributed by atoms with Crippen LogP contribution in [0.4, 0.5) is 0 Å². The first kappa shape index (κ1) is 26.1. The van der Waals surface area contributed by atoms with Gasteiger partial charge in [0.25, 0.3) is 0 Å². The molecule has 0 aliphatic heterocycles. The quantitative estimate of drug-likeness (QED) is 0.157. The van der Waals surface area contributed by atoms with Crippen LogP contribution in [0.5, 0.6) is 0 Å². The average Bonchev–Trinajstić information content (AvgIpc) is 3.69. The molecular formula is C34H26N4O2. The first-order chi connectivity index (χ1) is 19.4. The number of aromatic nitrogens is 1. The summed E-state index contributed by atoms with van der Waals surface area (Å²) in [5.41, 5.74) is 4.75. The van der Waals surface area contributed by atoms with Gasteiger partial charge in [-0.2, -0.15) is 15.8 Å². The SMILES string of the molecule is C/C(C#N)=C/C=C/c1ccc(-c2ccc3c4ccc(-c5ccc(C=C(C#N)C#N)o5)cc4n(CC(C)C)c3c2)o1. The van der Waals surface area contributed by atoms with Crippen molar-refractivity contribution in [3.05, 3.63) is 95.5 Å². The van der Waals surface area contributed by atoms with Crippen LogP contribution in [-0.2, 0) is 6.54 Å². The van der Waals surface area contributed by atoms with E-state index in [1.54, 1.807) is 19.1 Å². The van der Waals surface area contributed by atoms with Gasteiger partial charge in [0.1, 0.15) is 40.8 Å². The Morgan fingerprint density at radius 1 is 0.800 bits per heavy atom. The average molecular weight is 523 g/mol. The third kappa shape index (κ3) is 5.23. The van der Waals surface area contributed by atoms with Crippen molar-refractivity contribution < 1.29 is 8.83 Å². The number of fused-ring (bicyclic) bond motifs is 3. The summed E-state index contributed by atoms with van der Waals surface area (Å²) in [5.74, 6) is 3.04. The lowest BCUT2D eigenvalue weighted by Crippen LogP contribution is -2.04. The molecule has 2 aromatic carbocycles. The molecular weight excluding hydrogens is 496 g/mol. The molecule has 0 amide bonds. The third-order valence-electron chi connectivity index (χ3n) is 6.55. The highest BCUT2D eigenvalue weighted by Gasteiger charge is 2.16. The number of hydrogen-bond donors (Lipinski definition) is 0. The lowest BCUT2D eigenvalue weighted by Gasteiger charge is -2.11. The summed E-state index contributed by atoms with van der Waals surface area (Å²) in [4.78, 5) is 0. The Labute approximate surface area is 232 Å². The van der Waals surface area contributed by atoms with E-state index >= 15 is 0 Å². The van der Waals surface area contributed by atoms with Gasteiger partial charge in [0.05, 0.1) is 6.07 Å². The van der Waals surface area contributed by atoms with Gasteiger partial charge in [-0.05, 0) is 61.4 Å². The second-order valence-electron chi connectivity index (χ2n) is 9.97. The van der Waals surface area contributed by atoms with Crippen LogP contribution in [0.2, 0.25) is 0 Å². The first-order valence-corrected chi connectivity index (χ1v) is 12.9. The van der Waals surface area contributed by atoms with Crippen molar-refractivity contribution in [1.29, 1.82) is 15.8 Å². The molecule has 0 aliphatic rings. The molecule has 0 radical (unpaired) electrons. The zero-order chi connectivity index (χ0) is 28.2. The minimum atomic E-state index is -0.00477. The van der Waals surface area contributed by atoms with Crippen molar-refractivity contribution in [3.8, 4) is 40.9 Å². The Morgan fingerprint density at radius 2 is 1.38 bits per heavy atom. The lowest BCUT2D eigenvalue weighted by atomic mass is 10.1. The molecule has 0 saturated heterocycles. The third-order valence-corrected chi connectivity index (χ3v) is 6.55. The predicted molar refractivity (Wildman–Crippen MR) is 157 cm³/mol. The second-order valence-corrected chi connectivity index (χ2v) is 9.97. The van der Waals surface area contributed by atoms with Gasteiger partial charge in [0.2, 0.25) is 0 Å². The second kappa shape index (κ2) is 11.1. The Hall–Kier alpha value is -5.51. The molecule has 0 bridgehead atoms. The maximum atomic E-state index is 9.05. The van der Waals surface area contributed by atoms with E-state index in [1.807, 2.05) is 48.6 Å². The molecule has 0 spiro atoms. The van der Waals surface area contributed by atoms with Gasteiger partial charge in [-0.25, -0.2) is 0 Å². The van der Waals surface area contributed by atoms with Crippen molar-refractivity contribution in [1.82, 2.24) is 4.57 Å². The van der Waals surface area contributed by atoms with Crippen molar-refractivity contribution in [3.63, 3.8) is 0 Å². The number of nitriles is 3. The molecule has 40 heavy (non-hydrogen) atoms. The van der Waals surface area contributed by atoms with Gasteiger partial charge in [-0.3, -0.25) is 0 Å². The van der Waals surface area contributed by atoms with Gasteiger partial charge in [-0.15, -0.1) is 0 Å². The molecule has 0 saturated carbocycles. The lowest BCUT2D eigenvalue weighted by molar-refractivity contribution is 0.545. The number of nitrogens with zero attached hydrogens (tertiary/aromatic N) is 4. The van der Waals surface area contributed by atoms with Crippen LogP contribution in [0.1, 0.15) is 32.3 Å². The van der Waals surface area contributed by atoms with Crippen molar-refractivity contribution in [2.24, 2.45) is 5.92 Å². The first-order valence-electron chi connectivity index (χ1n) is 12.9. The fraction of sp³-hybridized carbons (Fsp3) is 0.147. The van der Waals surface area contributed by atoms with Gasteiger partial charge < -0.3 is 13.4 Å². The zero-order valence-electron chi connectivity index (χ0n) is 22.5. The van der Waals surface area contributed by atoms with Crippen LogP contribution in [0, 0.1) is 39.9 Å². The fourth-order valence-electron chi connectivity index (χ4n) is 4.70. The zero-order valence-corrected chi connectivity index (χ0v) is 22.5. The monoisotopic (exact) mass is 522 g/mol. The summed E-state index contributed by atoms with van der Waals surface area (Å²) in [6.07, 6.45) is 6.85. The van der Waals surface area contributed by atoms with Gasteiger partial charge in [0, 0.05) is 51.1 Å². The molecule has 6 nitrogen and oxygen atoms in total. The van der Waals surface area contributed by atoms with Gasteiger partial charge in [-0.1, -0.05) is 44.2 Å². The molecule has 194 valence electrons. The number of hydrogen-bond acceptors (Lipinski definition) is 5. The molecule has 5 rings (SSSR count). The summed E-state index contributed by atoms with van der Waals surface area (Å²) < 4.78 is 14.4.